The summed E-state index contributed by atoms with van der Waals surface area (Å²) in [7, 11) is 1.41. The van der Waals surface area contributed by atoms with Crippen LogP contribution in [0.3, 0.4) is 0 Å². The molecule has 0 saturated carbocycles. The van der Waals surface area contributed by atoms with E-state index in [9.17, 15) is 4.79 Å². The fourth-order valence-electron chi connectivity index (χ4n) is 2.85. The van der Waals surface area contributed by atoms with E-state index in [0.29, 0.717) is 12.1 Å². The van der Waals surface area contributed by atoms with Crippen molar-refractivity contribution >= 4 is 30.0 Å². The number of aromatic nitrogens is 2. The number of anilines is 1. The zero-order valence-corrected chi connectivity index (χ0v) is 15.9. The molecule has 144 valence electrons. The van der Waals surface area contributed by atoms with E-state index >= 15 is 0 Å². The van der Waals surface area contributed by atoms with E-state index in [1.165, 1.54) is 7.11 Å². The standard InChI is InChI=1S/C18H22N6O2.ClH/c1-26-17(25)12-23-8-10-24(11-9-23)16-7-6-15(21-22-16)13-2-4-14(5-3-13)18(19)20;/h2-7H,8-12H2,1H3,(H3,19,20);1H. The Morgan fingerprint density at radius 1 is 1.11 bits per heavy atom. The number of hydrogen-bond acceptors (Lipinski definition) is 7. The van der Waals surface area contributed by atoms with Crippen LogP contribution in [0.2, 0.25) is 0 Å². The third kappa shape index (κ3) is 5.15. The molecule has 1 aliphatic rings. The van der Waals surface area contributed by atoms with Crippen LogP contribution in [0.15, 0.2) is 36.4 Å². The number of benzene rings is 1. The molecule has 8 nitrogen and oxygen atoms in total. The van der Waals surface area contributed by atoms with Crippen molar-refractivity contribution in [1.82, 2.24) is 15.1 Å². The highest BCUT2D eigenvalue weighted by Gasteiger charge is 2.20. The molecule has 9 heteroatoms. The molecule has 1 aromatic heterocycles. The summed E-state index contributed by atoms with van der Waals surface area (Å²) in [6.45, 7) is 3.47. The number of esters is 1. The molecular formula is C18H23ClN6O2. The minimum absolute atomic E-state index is 0. The maximum Gasteiger partial charge on any atom is 0.319 e. The van der Waals surface area contributed by atoms with Crippen LogP contribution in [0, 0.1) is 5.41 Å². The Kier molecular flexibility index (Phi) is 7.09. The molecule has 3 rings (SSSR count). The molecule has 0 bridgehead atoms. The Labute approximate surface area is 164 Å². The molecule has 3 N–H and O–H groups in total. The van der Waals surface area contributed by atoms with Crippen LogP contribution in [0.4, 0.5) is 5.82 Å². The first-order valence-electron chi connectivity index (χ1n) is 8.39. The van der Waals surface area contributed by atoms with Gasteiger partial charge in [-0.05, 0) is 12.1 Å². The summed E-state index contributed by atoms with van der Waals surface area (Å²) in [6, 6.07) is 11.3. The van der Waals surface area contributed by atoms with Gasteiger partial charge >= 0.3 is 5.97 Å². The Hall–Kier alpha value is -2.71. The highest BCUT2D eigenvalue weighted by atomic mass is 35.5. The predicted molar refractivity (Wildman–Crippen MR) is 106 cm³/mol. The Morgan fingerprint density at radius 2 is 1.78 bits per heavy atom. The number of rotatable bonds is 5. The number of nitrogens with one attached hydrogen (secondary N) is 1. The molecule has 0 radical (unpaired) electrons. The number of nitrogens with zero attached hydrogens (tertiary/aromatic N) is 4. The molecule has 0 amide bonds. The van der Waals surface area contributed by atoms with E-state index in [1.807, 2.05) is 24.3 Å². The van der Waals surface area contributed by atoms with Crippen LogP contribution < -0.4 is 10.6 Å². The Morgan fingerprint density at radius 3 is 2.30 bits per heavy atom. The largest absolute Gasteiger partial charge is 0.468 e. The van der Waals surface area contributed by atoms with Gasteiger partial charge in [0.15, 0.2) is 5.82 Å². The zero-order valence-electron chi connectivity index (χ0n) is 15.1. The van der Waals surface area contributed by atoms with Gasteiger partial charge in [-0.25, -0.2) is 0 Å². The molecule has 1 aromatic carbocycles. The molecule has 0 unspecified atom stereocenters. The van der Waals surface area contributed by atoms with Gasteiger partial charge in [-0.1, -0.05) is 24.3 Å². The fraction of sp³-hybridized carbons (Fsp3) is 0.333. The van der Waals surface area contributed by atoms with Gasteiger partial charge in [0, 0.05) is 37.3 Å². The van der Waals surface area contributed by atoms with Crippen molar-refractivity contribution in [2.45, 2.75) is 0 Å². The highest BCUT2D eigenvalue weighted by Crippen LogP contribution is 2.20. The fourth-order valence-corrected chi connectivity index (χ4v) is 2.85. The second kappa shape index (κ2) is 9.29. The molecule has 27 heavy (non-hydrogen) atoms. The summed E-state index contributed by atoms with van der Waals surface area (Å²) in [5, 5.41) is 16.1. The number of carbonyl (C=O) groups is 1. The van der Waals surface area contributed by atoms with Gasteiger partial charge in [-0.15, -0.1) is 22.6 Å². The van der Waals surface area contributed by atoms with E-state index in [0.717, 1.165) is 43.3 Å². The van der Waals surface area contributed by atoms with Crippen LogP contribution in [0.25, 0.3) is 11.3 Å². The molecule has 0 spiro atoms. The van der Waals surface area contributed by atoms with Crippen molar-refractivity contribution < 1.29 is 9.53 Å². The van der Waals surface area contributed by atoms with Crippen molar-refractivity contribution in [2.24, 2.45) is 5.73 Å². The van der Waals surface area contributed by atoms with Gasteiger partial charge in [0.05, 0.1) is 19.3 Å². The number of carbonyl (C=O) groups excluding carboxylic acids is 1. The number of nitrogens with two attached hydrogens (primary N) is 1. The third-order valence-electron chi connectivity index (χ3n) is 4.42. The molecule has 2 heterocycles. The average molecular weight is 391 g/mol. The lowest BCUT2D eigenvalue weighted by molar-refractivity contribution is -0.142. The number of piperazine rings is 1. The monoisotopic (exact) mass is 390 g/mol. The van der Waals surface area contributed by atoms with Crippen LogP contribution in [0.5, 0.6) is 0 Å². The van der Waals surface area contributed by atoms with Crippen LogP contribution in [-0.4, -0.2) is 66.7 Å². The van der Waals surface area contributed by atoms with E-state index in [-0.39, 0.29) is 24.2 Å². The molecule has 0 atom stereocenters. The summed E-state index contributed by atoms with van der Waals surface area (Å²) in [5.74, 6) is 0.662. The normalized spacial score (nSPS) is 14.3. The maximum atomic E-state index is 11.3. The highest BCUT2D eigenvalue weighted by molar-refractivity contribution is 5.95. The minimum atomic E-state index is -0.210. The molecule has 1 aliphatic heterocycles. The maximum absolute atomic E-state index is 11.3. The lowest BCUT2D eigenvalue weighted by atomic mass is 10.1. The SMILES string of the molecule is COC(=O)CN1CCN(c2ccc(-c3ccc(C(=N)N)cc3)nn2)CC1.Cl. The van der Waals surface area contributed by atoms with Crippen molar-refractivity contribution in [2.75, 3.05) is 44.7 Å². The van der Waals surface area contributed by atoms with Crippen LogP contribution in [-0.2, 0) is 9.53 Å². The average Bonchev–Trinajstić information content (AvgIpc) is 2.68. The first-order valence-corrected chi connectivity index (χ1v) is 8.39. The molecule has 1 saturated heterocycles. The van der Waals surface area contributed by atoms with Crippen molar-refractivity contribution in [1.29, 1.82) is 5.41 Å². The topological polar surface area (TPSA) is 108 Å². The summed E-state index contributed by atoms with van der Waals surface area (Å²) in [5.41, 5.74) is 7.85. The minimum Gasteiger partial charge on any atom is -0.468 e. The first-order chi connectivity index (χ1) is 12.6. The first kappa shape index (κ1) is 20.6. The summed E-state index contributed by atoms with van der Waals surface area (Å²) in [6.07, 6.45) is 0. The number of nitrogen functional groups attached to an aromatic ring is 1. The quantitative estimate of drug-likeness (QED) is 0.447. The number of halogens is 1. The molecule has 2 aromatic rings. The van der Waals surface area contributed by atoms with Crippen molar-refractivity contribution in [3.05, 3.63) is 42.0 Å². The number of amidine groups is 1. The van der Waals surface area contributed by atoms with Crippen LogP contribution >= 0.6 is 12.4 Å². The van der Waals surface area contributed by atoms with E-state index in [1.54, 1.807) is 12.1 Å². The Balaban J connectivity index is 0.00000261. The molecular weight excluding hydrogens is 368 g/mol. The molecule has 1 fully saturated rings. The van der Waals surface area contributed by atoms with Gasteiger partial charge in [-0.2, -0.15) is 0 Å². The van der Waals surface area contributed by atoms with Crippen LogP contribution in [0.1, 0.15) is 5.56 Å². The van der Waals surface area contributed by atoms with Crippen molar-refractivity contribution in [3.8, 4) is 11.3 Å². The number of methoxy groups -OCH3 is 1. The van der Waals surface area contributed by atoms with E-state index < -0.39 is 0 Å². The van der Waals surface area contributed by atoms with Gasteiger partial charge in [0.2, 0.25) is 0 Å². The van der Waals surface area contributed by atoms with Gasteiger partial charge < -0.3 is 15.4 Å². The van der Waals surface area contributed by atoms with Gasteiger partial charge in [-0.3, -0.25) is 15.1 Å². The smallest absolute Gasteiger partial charge is 0.319 e. The lowest BCUT2D eigenvalue weighted by Crippen LogP contribution is -2.48. The lowest BCUT2D eigenvalue weighted by Gasteiger charge is -2.34. The predicted octanol–water partition coefficient (Wildman–Crippen LogP) is 1.14. The summed E-state index contributed by atoms with van der Waals surface area (Å²) >= 11 is 0. The second-order valence-electron chi connectivity index (χ2n) is 6.11. The third-order valence-corrected chi connectivity index (χ3v) is 4.42. The van der Waals surface area contributed by atoms with E-state index in [4.69, 9.17) is 15.9 Å². The van der Waals surface area contributed by atoms with E-state index in [2.05, 4.69) is 20.0 Å². The molecule has 0 aliphatic carbocycles. The van der Waals surface area contributed by atoms with Gasteiger partial charge in [0.25, 0.3) is 0 Å². The van der Waals surface area contributed by atoms with Crippen molar-refractivity contribution in [3.63, 3.8) is 0 Å². The Bertz CT molecular complexity index is 773. The second-order valence-corrected chi connectivity index (χ2v) is 6.11. The summed E-state index contributed by atoms with van der Waals surface area (Å²) in [4.78, 5) is 15.6. The summed E-state index contributed by atoms with van der Waals surface area (Å²) < 4.78 is 4.70. The number of hydrogen-bond donors (Lipinski definition) is 2. The number of ether oxygens (including phenoxy) is 1. The van der Waals surface area contributed by atoms with Gasteiger partial charge in [0.1, 0.15) is 5.84 Å². The zero-order chi connectivity index (χ0) is 18.5.